The van der Waals surface area contributed by atoms with Crippen LogP contribution in [0.5, 0.6) is 0 Å². The van der Waals surface area contributed by atoms with Crippen LogP contribution in [0.25, 0.3) is 0 Å². The van der Waals surface area contributed by atoms with E-state index < -0.39 is 0 Å². The lowest BCUT2D eigenvalue weighted by Crippen LogP contribution is -2.33. The van der Waals surface area contributed by atoms with Crippen LogP contribution in [0.15, 0.2) is 22.8 Å². The second kappa shape index (κ2) is 4.47. The van der Waals surface area contributed by atoms with Crippen molar-refractivity contribution in [3.63, 3.8) is 0 Å². The Morgan fingerprint density at radius 2 is 2.08 bits per heavy atom. The van der Waals surface area contributed by atoms with Crippen molar-refractivity contribution in [1.29, 1.82) is 0 Å². The molecule has 0 radical (unpaired) electrons. The van der Waals surface area contributed by atoms with Gasteiger partial charge in [-0.2, -0.15) is 0 Å². The molecule has 2 N–H and O–H groups in total. The fourth-order valence-corrected chi connectivity index (χ4v) is 1.34. The maximum Gasteiger partial charge on any atom is 0.105 e. The lowest BCUT2D eigenvalue weighted by Gasteiger charge is -2.22. The van der Waals surface area contributed by atoms with Crippen molar-refractivity contribution in [2.75, 3.05) is 0 Å². The molecule has 1 aromatic rings. The Bertz CT molecular complexity index is 228. The highest BCUT2D eigenvalue weighted by atomic mass is 16.3. The van der Waals surface area contributed by atoms with Crippen LogP contribution in [0.3, 0.4) is 0 Å². The molecule has 1 rings (SSSR count). The highest BCUT2D eigenvalue weighted by Gasteiger charge is 2.17. The molecule has 0 amide bonds. The predicted molar refractivity (Wildman–Crippen MR) is 54.4 cm³/mol. The molecule has 0 aliphatic carbocycles. The van der Waals surface area contributed by atoms with E-state index in [0.717, 1.165) is 12.2 Å². The van der Waals surface area contributed by atoms with E-state index in [0.29, 0.717) is 11.8 Å². The molecule has 0 aromatic carbocycles. The monoisotopic (exact) mass is 181 g/mol. The molecule has 13 heavy (non-hydrogen) atoms. The average molecular weight is 181 g/mol. The molecule has 0 spiro atoms. The summed E-state index contributed by atoms with van der Waals surface area (Å²) in [6, 6.07) is 4.08. The maximum atomic E-state index is 6.05. The van der Waals surface area contributed by atoms with Gasteiger partial charge < -0.3 is 10.2 Å². The smallest absolute Gasteiger partial charge is 0.105 e. The van der Waals surface area contributed by atoms with Crippen molar-refractivity contribution in [3.05, 3.63) is 24.2 Å². The lowest BCUT2D eigenvalue weighted by molar-refractivity contribution is 0.330. The van der Waals surface area contributed by atoms with Gasteiger partial charge in [0.1, 0.15) is 5.76 Å². The first-order valence-corrected chi connectivity index (χ1v) is 4.89. The van der Waals surface area contributed by atoms with E-state index in [9.17, 15) is 0 Å². The van der Waals surface area contributed by atoms with E-state index in [1.807, 2.05) is 12.1 Å². The standard InChI is InChI=1S/C11H19NO/c1-8(2)9(3)11(12)7-10-5-4-6-13-10/h4-6,8-9,11H,7,12H2,1-3H3. The molecule has 74 valence electrons. The molecule has 2 nitrogen and oxygen atoms in total. The summed E-state index contributed by atoms with van der Waals surface area (Å²) in [6.45, 7) is 6.59. The van der Waals surface area contributed by atoms with Gasteiger partial charge in [-0.1, -0.05) is 20.8 Å². The molecular formula is C11H19NO. The predicted octanol–water partition coefficient (Wildman–Crippen LogP) is 2.44. The molecule has 1 aromatic heterocycles. The summed E-state index contributed by atoms with van der Waals surface area (Å²) in [5, 5.41) is 0. The van der Waals surface area contributed by atoms with E-state index in [-0.39, 0.29) is 6.04 Å². The van der Waals surface area contributed by atoms with Gasteiger partial charge in [0.2, 0.25) is 0 Å². The highest BCUT2D eigenvalue weighted by molar-refractivity contribution is 5.00. The quantitative estimate of drug-likeness (QED) is 0.775. The molecule has 0 saturated heterocycles. The lowest BCUT2D eigenvalue weighted by atomic mass is 9.88. The van der Waals surface area contributed by atoms with Gasteiger partial charge in [-0.15, -0.1) is 0 Å². The zero-order valence-corrected chi connectivity index (χ0v) is 8.66. The SMILES string of the molecule is CC(C)C(C)C(N)Cc1ccco1. The normalized spacial score (nSPS) is 16.1. The van der Waals surface area contributed by atoms with Crippen LogP contribution in [0.4, 0.5) is 0 Å². The molecule has 0 saturated carbocycles. The second-order valence-electron chi connectivity index (χ2n) is 4.05. The molecule has 0 aliphatic heterocycles. The van der Waals surface area contributed by atoms with Crippen molar-refractivity contribution in [2.45, 2.75) is 33.2 Å². The third-order valence-electron chi connectivity index (χ3n) is 2.74. The van der Waals surface area contributed by atoms with E-state index in [1.165, 1.54) is 0 Å². The minimum Gasteiger partial charge on any atom is -0.469 e. The van der Waals surface area contributed by atoms with Crippen LogP contribution in [0.1, 0.15) is 26.5 Å². The number of rotatable bonds is 4. The van der Waals surface area contributed by atoms with Gasteiger partial charge in [-0.25, -0.2) is 0 Å². The number of nitrogens with two attached hydrogens (primary N) is 1. The Kier molecular flexibility index (Phi) is 3.55. The molecule has 0 fully saturated rings. The van der Waals surface area contributed by atoms with Gasteiger partial charge in [0, 0.05) is 12.5 Å². The fraction of sp³-hybridized carbons (Fsp3) is 0.636. The first-order valence-electron chi connectivity index (χ1n) is 4.89. The largest absolute Gasteiger partial charge is 0.469 e. The zero-order chi connectivity index (χ0) is 9.84. The van der Waals surface area contributed by atoms with Gasteiger partial charge in [0.25, 0.3) is 0 Å². The number of hydrogen-bond acceptors (Lipinski definition) is 2. The molecule has 2 heteroatoms. The topological polar surface area (TPSA) is 39.2 Å². The first-order chi connectivity index (χ1) is 6.11. The Labute approximate surface area is 80.1 Å². The average Bonchev–Trinajstić information content (AvgIpc) is 2.55. The van der Waals surface area contributed by atoms with Crippen molar-refractivity contribution in [1.82, 2.24) is 0 Å². The minimum atomic E-state index is 0.200. The van der Waals surface area contributed by atoms with Crippen LogP contribution in [-0.2, 0) is 6.42 Å². The van der Waals surface area contributed by atoms with Crippen molar-refractivity contribution < 1.29 is 4.42 Å². The minimum absolute atomic E-state index is 0.200. The molecule has 2 atom stereocenters. The van der Waals surface area contributed by atoms with Crippen molar-refractivity contribution in [3.8, 4) is 0 Å². The van der Waals surface area contributed by atoms with Crippen molar-refractivity contribution in [2.24, 2.45) is 17.6 Å². The number of furan rings is 1. The summed E-state index contributed by atoms with van der Waals surface area (Å²) in [5.74, 6) is 2.15. The Balaban J connectivity index is 2.45. The number of hydrogen-bond donors (Lipinski definition) is 1. The Morgan fingerprint density at radius 1 is 1.38 bits per heavy atom. The Morgan fingerprint density at radius 3 is 2.54 bits per heavy atom. The molecular weight excluding hydrogens is 162 g/mol. The summed E-state index contributed by atoms with van der Waals surface area (Å²) in [5.41, 5.74) is 6.05. The third kappa shape index (κ3) is 2.88. The highest BCUT2D eigenvalue weighted by Crippen LogP contribution is 2.16. The second-order valence-corrected chi connectivity index (χ2v) is 4.05. The van der Waals surface area contributed by atoms with Gasteiger partial charge >= 0.3 is 0 Å². The van der Waals surface area contributed by atoms with Crippen molar-refractivity contribution >= 4 is 0 Å². The summed E-state index contributed by atoms with van der Waals surface area (Å²) in [7, 11) is 0. The van der Waals surface area contributed by atoms with E-state index in [4.69, 9.17) is 10.2 Å². The molecule has 0 aliphatic rings. The van der Waals surface area contributed by atoms with Gasteiger partial charge in [0.15, 0.2) is 0 Å². The summed E-state index contributed by atoms with van der Waals surface area (Å²) in [4.78, 5) is 0. The first kappa shape index (κ1) is 10.3. The summed E-state index contributed by atoms with van der Waals surface area (Å²) in [6.07, 6.45) is 2.54. The summed E-state index contributed by atoms with van der Waals surface area (Å²) >= 11 is 0. The third-order valence-corrected chi connectivity index (χ3v) is 2.74. The van der Waals surface area contributed by atoms with E-state index >= 15 is 0 Å². The van der Waals surface area contributed by atoms with Gasteiger partial charge in [0.05, 0.1) is 6.26 Å². The summed E-state index contributed by atoms with van der Waals surface area (Å²) < 4.78 is 5.25. The fourth-order valence-electron chi connectivity index (χ4n) is 1.34. The Hall–Kier alpha value is -0.760. The maximum absolute atomic E-state index is 6.05. The molecule has 0 bridgehead atoms. The van der Waals surface area contributed by atoms with Crippen LogP contribution in [0.2, 0.25) is 0 Å². The van der Waals surface area contributed by atoms with Gasteiger partial charge in [-0.05, 0) is 24.0 Å². The van der Waals surface area contributed by atoms with Crippen LogP contribution in [0, 0.1) is 11.8 Å². The van der Waals surface area contributed by atoms with Crippen LogP contribution < -0.4 is 5.73 Å². The van der Waals surface area contributed by atoms with Crippen LogP contribution >= 0.6 is 0 Å². The van der Waals surface area contributed by atoms with E-state index in [1.54, 1.807) is 6.26 Å². The van der Waals surface area contributed by atoms with Gasteiger partial charge in [-0.3, -0.25) is 0 Å². The molecule has 1 heterocycles. The zero-order valence-electron chi connectivity index (χ0n) is 8.66. The van der Waals surface area contributed by atoms with Crippen LogP contribution in [-0.4, -0.2) is 6.04 Å². The van der Waals surface area contributed by atoms with E-state index in [2.05, 4.69) is 20.8 Å². The molecule has 2 unspecified atom stereocenters.